The van der Waals surface area contributed by atoms with E-state index in [1.54, 1.807) is 49.9 Å². The number of rotatable bonds is 3. The van der Waals surface area contributed by atoms with E-state index in [1.165, 1.54) is 0 Å². The third-order valence-electron chi connectivity index (χ3n) is 3.46. The molecule has 0 aromatic heterocycles. The molecule has 1 fully saturated rings. The average molecular weight is 311 g/mol. The quantitative estimate of drug-likeness (QED) is 0.927. The number of ether oxygens (including phenoxy) is 1. The highest BCUT2D eigenvalue weighted by Gasteiger charge is 2.39. The van der Waals surface area contributed by atoms with Crippen molar-refractivity contribution in [3.63, 3.8) is 0 Å². The summed E-state index contributed by atoms with van der Waals surface area (Å²) in [5.41, 5.74) is -1.06. The van der Waals surface area contributed by atoms with Crippen LogP contribution < -0.4 is 10.1 Å². The van der Waals surface area contributed by atoms with Gasteiger partial charge in [-0.2, -0.15) is 0 Å². The molecular weight excluding hydrogens is 292 g/mol. The molecule has 1 unspecified atom stereocenters. The van der Waals surface area contributed by atoms with Gasteiger partial charge in [0.1, 0.15) is 11.8 Å². The van der Waals surface area contributed by atoms with E-state index in [9.17, 15) is 9.59 Å². The number of nitrogens with one attached hydrogen (secondary N) is 1. The monoisotopic (exact) mass is 310 g/mol. The highest BCUT2D eigenvalue weighted by Crippen LogP contribution is 2.23. The van der Waals surface area contributed by atoms with Gasteiger partial charge in [-0.3, -0.25) is 9.59 Å². The molecule has 1 aromatic rings. The highest BCUT2D eigenvalue weighted by molar-refractivity contribution is 6.30. The SMILES string of the molecule is CC1C(=O)NCCN1C(=O)C(C)(C)Oc1ccc(Cl)cc1. The number of carbonyl (C=O) groups excluding carboxylic acids is 2. The van der Waals surface area contributed by atoms with Crippen LogP contribution >= 0.6 is 11.6 Å². The van der Waals surface area contributed by atoms with Gasteiger partial charge < -0.3 is 15.0 Å². The fourth-order valence-corrected chi connectivity index (χ4v) is 2.37. The molecule has 114 valence electrons. The van der Waals surface area contributed by atoms with E-state index in [-0.39, 0.29) is 11.8 Å². The Balaban J connectivity index is 2.12. The molecule has 21 heavy (non-hydrogen) atoms. The fourth-order valence-electron chi connectivity index (χ4n) is 2.25. The van der Waals surface area contributed by atoms with Crippen LogP contribution in [0.3, 0.4) is 0 Å². The lowest BCUT2D eigenvalue weighted by Crippen LogP contribution is -2.60. The van der Waals surface area contributed by atoms with Crippen molar-refractivity contribution in [3.8, 4) is 5.75 Å². The Kier molecular flexibility index (Phi) is 4.42. The summed E-state index contributed by atoms with van der Waals surface area (Å²) in [7, 11) is 0. The van der Waals surface area contributed by atoms with E-state index in [4.69, 9.17) is 16.3 Å². The Labute approximate surface area is 129 Å². The van der Waals surface area contributed by atoms with E-state index in [2.05, 4.69) is 5.32 Å². The Hall–Kier alpha value is -1.75. The zero-order valence-electron chi connectivity index (χ0n) is 12.4. The number of halogens is 1. The van der Waals surface area contributed by atoms with Gasteiger partial charge in [-0.1, -0.05) is 11.6 Å². The first-order valence-corrected chi connectivity index (χ1v) is 7.22. The Morgan fingerprint density at radius 1 is 1.38 bits per heavy atom. The molecule has 1 aliphatic rings. The van der Waals surface area contributed by atoms with Crippen LogP contribution in [0.25, 0.3) is 0 Å². The van der Waals surface area contributed by atoms with Crippen molar-refractivity contribution in [1.29, 1.82) is 0 Å². The third kappa shape index (κ3) is 3.47. The molecule has 0 radical (unpaired) electrons. The summed E-state index contributed by atoms with van der Waals surface area (Å²) in [6.07, 6.45) is 0. The zero-order valence-corrected chi connectivity index (χ0v) is 13.1. The van der Waals surface area contributed by atoms with Crippen molar-refractivity contribution < 1.29 is 14.3 Å². The van der Waals surface area contributed by atoms with E-state index in [0.717, 1.165) is 0 Å². The summed E-state index contributed by atoms with van der Waals surface area (Å²) in [5, 5.41) is 3.34. The van der Waals surface area contributed by atoms with Crippen molar-refractivity contribution in [2.75, 3.05) is 13.1 Å². The lowest BCUT2D eigenvalue weighted by Gasteiger charge is -2.38. The van der Waals surface area contributed by atoms with Crippen molar-refractivity contribution >= 4 is 23.4 Å². The Morgan fingerprint density at radius 2 is 2.00 bits per heavy atom. The number of piperazine rings is 1. The number of carbonyl (C=O) groups is 2. The first kappa shape index (κ1) is 15.6. The summed E-state index contributed by atoms with van der Waals surface area (Å²) in [6.45, 7) is 6.06. The van der Waals surface area contributed by atoms with Gasteiger partial charge in [0.25, 0.3) is 5.91 Å². The Bertz CT molecular complexity index is 542. The molecule has 0 saturated carbocycles. The minimum absolute atomic E-state index is 0.142. The average Bonchev–Trinajstić information content (AvgIpc) is 2.43. The second-order valence-electron chi connectivity index (χ2n) is 5.53. The maximum atomic E-state index is 12.6. The zero-order chi connectivity index (χ0) is 15.6. The predicted octanol–water partition coefficient (Wildman–Crippen LogP) is 1.84. The molecule has 5 nitrogen and oxygen atoms in total. The van der Waals surface area contributed by atoms with Crippen molar-refractivity contribution in [2.24, 2.45) is 0 Å². The maximum absolute atomic E-state index is 12.6. The van der Waals surface area contributed by atoms with Gasteiger partial charge >= 0.3 is 0 Å². The van der Waals surface area contributed by atoms with E-state index >= 15 is 0 Å². The molecule has 2 rings (SSSR count). The van der Waals surface area contributed by atoms with Gasteiger partial charge in [0.05, 0.1) is 0 Å². The van der Waals surface area contributed by atoms with Crippen LogP contribution in [0.15, 0.2) is 24.3 Å². The minimum Gasteiger partial charge on any atom is -0.478 e. The highest BCUT2D eigenvalue weighted by atomic mass is 35.5. The van der Waals surface area contributed by atoms with E-state index in [1.807, 2.05) is 0 Å². The topological polar surface area (TPSA) is 58.6 Å². The van der Waals surface area contributed by atoms with Crippen LogP contribution in [0.5, 0.6) is 5.75 Å². The lowest BCUT2D eigenvalue weighted by atomic mass is 10.0. The van der Waals surface area contributed by atoms with Crippen LogP contribution in [0.4, 0.5) is 0 Å². The van der Waals surface area contributed by atoms with E-state index < -0.39 is 11.6 Å². The van der Waals surface area contributed by atoms with Crippen LogP contribution in [0.1, 0.15) is 20.8 Å². The van der Waals surface area contributed by atoms with Crippen LogP contribution in [0.2, 0.25) is 5.02 Å². The number of benzene rings is 1. The molecule has 1 aromatic carbocycles. The van der Waals surface area contributed by atoms with Crippen LogP contribution in [-0.2, 0) is 9.59 Å². The van der Waals surface area contributed by atoms with Gasteiger partial charge in [-0.25, -0.2) is 0 Å². The first-order valence-electron chi connectivity index (χ1n) is 6.84. The molecule has 0 spiro atoms. The van der Waals surface area contributed by atoms with Gasteiger partial charge in [0, 0.05) is 18.1 Å². The molecule has 1 saturated heterocycles. The van der Waals surface area contributed by atoms with Crippen molar-refractivity contribution in [3.05, 3.63) is 29.3 Å². The van der Waals surface area contributed by atoms with Crippen molar-refractivity contribution in [1.82, 2.24) is 10.2 Å². The predicted molar refractivity (Wildman–Crippen MR) is 80.3 cm³/mol. The van der Waals surface area contributed by atoms with Gasteiger partial charge in [-0.15, -0.1) is 0 Å². The summed E-state index contributed by atoms with van der Waals surface area (Å²) >= 11 is 5.83. The number of hydrogen-bond acceptors (Lipinski definition) is 3. The van der Waals surface area contributed by atoms with Crippen molar-refractivity contribution in [2.45, 2.75) is 32.4 Å². The smallest absolute Gasteiger partial charge is 0.266 e. The normalized spacial score (nSPS) is 19.1. The van der Waals surface area contributed by atoms with Gasteiger partial charge in [0.15, 0.2) is 5.60 Å². The van der Waals surface area contributed by atoms with Crippen LogP contribution in [0, 0.1) is 0 Å². The summed E-state index contributed by atoms with van der Waals surface area (Å²) in [6, 6.07) is 6.34. The Morgan fingerprint density at radius 3 is 2.62 bits per heavy atom. The standard InChI is InChI=1S/C15H19ClN2O3/c1-10-13(19)17-8-9-18(10)14(20)15(2,3)21-12-6-4-11(16)5-7-12/h4-7,10H,8-9H2,1-3H3,(H,17,19). The lowest BCUT2D eigenvalue weighted by molar-refractivity contribution is -0.153. The van der Waals surface area contributed by atoms with Crippen LogP contribution in [-0.4, -0.2) is 41.4 Å². The molecule has 0 aliphatic carbocycles. The molecular formula is C15H19ClN2O3. The molecule has 6 heteroatoms. The molecule has 0 bridgehead atoms. The second kappa shape index (κ2) is 5.93. The molecule has 1 atom stereocenters. The number of nitrogens with zero attached hydrogens (tertiary/aromatic N) is 1. The molecule has 1 heterocycles. The molecule has 1 aliphatic heterocycles. The molecule has 2 amide bonds. The van der Waals surface area contributed by atoms with E-state index in [0.29, 0.717) is 23.9 Å². The van der Waals surface area contributed by atoms with Gasteiger partial charge in [0.2, 0.25) is 5.91 Å². The maximum Gasteiger partial charge on any atom is 0.266 e. The minimum atomic E-state index is -1.06. The largest absolute Gasteiger partial charge is 0.478 e. The molecule has 1 N–H and O–H groups in total. The summed E-state index contributed by atoms with van der Waals surface area (Å²) < 4.78 is 5.77. The number of hydrogen-bond donors (Lipinski definition) is 1. The second-order valence-corrected chi connectivity index (χ2v) is 5.97. The number of amides is 2. The fraction of sp³-hybridized carbons (Fsp3) is 0.467. The van der Waals surface area contributed by atoms with Gasteiger partial charge in [-0.05, 0) is 45.0 Å². The third-order valence-corrected chi connectivity index (χ3v) is 3.71. The summed E-state index contributed by atoms with van der Waals surface area (Å²) in [5.74, 6) is 0.212. The first-order chi connectivity index (χ1) is 9.81. The summed E-state index contributed by atoms with van der Waals surface area (Å²) in [4.78, 5) is 25.9.